The van der Waals surface area contributed by atoms with E-state index in [1.807, 2.05) is 0 Å². The number of anilines is 2. The van der Waals surface area contributed by atoms with Gasteiger partial charge < -0.3 is 25.0 Å². The molecule has 53 heavy (non-hydrogen) atoms. The SMILES string of the molecule is CCCCCC(CCCCC)OC(=O)CCCCCCCN(CCCCCCCC(=O)OCCC(CCC)CCC)CCCNc1c(NC)c(=O)c1=O. The molecule has 9 nitrogen and oxygen atoms in total. The van der Waals surface area contributed by atoms with E-state index >= 15 is 0 Å². The number of rotatable bonds is 38. The number of hydrogen-bond acceptors (Lipinski definition) is 9. The second kappa shape index (κ2) is 33.0. The van der Waals surface area contributed by atoms with Crippen molar-refractivity contribution in [2.45, 2.75) is 201 Å². The Bertz CT molecular complexity index is 1100. The zero-order chi connectivity index (χ0) is 38.9. The second-order valence-electron chi connectivity index (χ2n) is 15.4. The molecular formula is C44H81N3O6. The zero-order valence-corrected chi connectivity index (χ0v) is 35.0. The van der Waals surface area contributed by atoms with Gasteiger partial charge in [0.25, 0.3) is 10.9 Å². The van der Waals surface area contributed by atoms with Crippen LogP contribution in [0.3, 0.4) is 0 Å². The van der Waals surface area contributed by atoms with Crippen LogP contribution in [0, 0.1) is 5.92 Å². The summed E-state index contributed by atoms with van der Waals surface area (Å²) in [6.45, 7) is 13.1. The molecule has 1 rings (SSSR count). The molecule has 0 saturated heterocycles. The first-order valence-electron chi connectivity index (χ1n) is 22.1. The maximum absolute atomic E-state index is 12.6. The predicted molar refractivity (Wildman–Crippen MR) is 223 cm³/mol. The summed E-state index contributed by atoms with van der Waals surface area (Å²) >= 11 is 0. The minimum Gasteiger partial charge on any atom is -0.466 e. The van der Waals surface area contributed by atoms with E-state index in [-0.39, 0.29) is 18.0 Å². The second-order valence-corrected chi connectivity index (χ2v) is 15.4. The van der Waals surface area contributed by atoms with Crippen molar-refractivity contribution in [2.24, 2.45) is 5.92 Å². The van der Waals surface area contributed by atoms with E-state index in [4.69, 9.17) is 9.47 Å². The maximum Gasteiger partial charge on any atom is 0.306 e. The van der Waals surface area contributed by atoms with Crippen LogP contribution >= 0.6 is 0 Å². The van der Waals surface area contributed by atoms with Gasteiger partial charge in [0.2, 0.25) is 0 Å². The standard InChI is InChI=1S/C44H81N3O6/c1-6-10-18-27-38(28-19-11-7-2)53-40(49)30-21-15-13-17-23-34-47(35-24-32-46-42-41(45-5)43(50)44(42)51)33-22-16-12-14-20-29-39(48)52-36-31-37(25-8-3)26-9-4/h37-38,45-46H,6-36H2,1-5H3. The Hall–Kier alpha value is -2.42. The number of nitrogens with one attached hydrogen (secondary N) is 2. The Morgan fingerprint density at radius 3 is 1.62 bits per heavy atom. The summed E-state index contributed by atoms with van der Waals surface area (Å²) in [5.74, 6) is 0.605. The molecule has 9 heteroatoms. The molecular weight excluding hydrogens is 666 g/mol. The lowest BCUT2D eigenvalue weighted by Crippen LogP contribution is -2.37. The summed E-state index contributed by atoms with van der Waals surface area (Å²) in [6, 6.07) is 0. The lowest BCUT2D eigenvalue weighted by molar-refractivity contribution is -0.150. The van der Waals surface area contributed by atoms with Crippen LogP contribution < -0.4 is 21.5 Å². The highest BCUT2D eigenvalue weighted by molar-refractivity contribution is 5.73. The van der Waals surface area contributed by atoms with E-state index in [1.165, 1.54) is 51.4 Å². The van der Waals surface area contributed by atoms with Crippen LogP contribution in [0.5, 0.6) is 0 Å². The highest BCUT2D eigenvalue weighted by Crippen LogP contribution is 2.19. The van der Waals surface area contributed by atoms with E-state index in [9.17, 15) is 19.2 Å². The number of nitrogens with zero attached hydrogens (tertiary/aromatic N) is 1. The first kappa shape index (κ1) is 48.6. The van der Waals surface area contributed by atoms with Crippen LogP contribution in [0.25, 0.3) is 0 Å². The van der Waals surface area contributed by atoms with Gasteiger partial charge in [-0.05, 0) is 89.8 Å². The normalized spacial score (nSPS) is 11.6. The summed E-state index contributed by atoms with van der Waals surface area (Å²) in [4.78, 5) is 50.9. The number of hydrogen-bond donors (Lipinski definition) is 2. The molecule has 0 atom stereocenters. The molecule has 0 saturated carbocycles. The molecule has 0 unspecified atom stereocenters. The Kier molecular flexibility index (Phi) is 30.2. The largest absolute Gasteiger partial charge is 0.466 e. The molecule has 0 aliphatic heterocycles. The first-order valence-corrected chi connectivity index (χ1v) is 22.1. The van der Waals surface area contributed by atoms with E-state index in [0.29, 0.717) is 43.3 Å². The Labute approximate surface area is 324 Å². The van der Waals surface area contributed by atoms with Gasteiger partial charge in [-0.15, -0.1) is 0 Å². The van der Waals surface area contributed by atoms with Gasteiger partial charge in [-0.25, -0.2) is 0 Å². The number of esters is 2. The summed E-state index contributed by atoms with van der Waals surface area (Å²) < 4.78 is 11.4. The average molecular weight is 748 g/mol. The topological polar surface area (TPSA) is 114 Å². The molecule has 1 aromatic carbocycles. The summed E-state index contributed by atoms with van der Waals surface area (Å²) in [5.41, 5.74) is -0.0706. The first-order chi connectivity index (χ1) is 25.8. The van der Waals surface area contributed by atoms with Crippen molar-refractivity contribution >= 4 is 23.3 Å². The Morgan fingerprint density at radius 2 is 1.08 bits per heavy atom. The molecule has 0 amide bonds. The molecule has 0 radical (unpaired) electrons. The fourth-order valence-electron chi connectivity index (χ4n) is 7.33. The fraction of sp³-hybridized carbons (Fsp3) is 0.864. The minimum absolute atomic E-state index is 0.0217. The summed E-state index contributed by atoms with van der Waals surface area (Å²) in [7, 11) is 1.67. The third-order valence-electron chi connectivity index (χ3n) is 10.6. The zero-order valence-electron chi connectivity index (χ0n) is 35.0. The highest BCUT2D eigenvalue weighted by Gasteiger charge is 2.19. The van der Waals surface area contributed by atoms with Gasteiger partial charge in [-0.3, -0.25) is 19.2 Å². The molecule has 1 aromatic rings. The lowest BCUT2D eigenvalue weighted by atomic mass is 9.95. The van der Waals surface area contributed by atoms with Crippen molar-refractivity contribution in [1.82, 2.24) is 4.90 Å². The lowest BCUT2D eigenvalue weighted by Gasteiger charge is -2.23. The van der Waals surface area contributed by atoms with Crippen molar-refractivity contribution < 1.29 is 19.1 Å². The third kappa shape index (κ3) is 23.9. The Balaban J connectivity index is 2.36. The van der Waals surface area contributed by atoms with Crippen LogP contribution in [0.1, 0.15) is 195 Å². The van der Waals surface area contributed by atoms with E-state index in [0.717, 1.165) is 122 Å². The molecule has 0 heterocycles. The van der Waals surface area contributed by atoms with Crippen LogP contribution in [0.15, 0.2) is 9.59 Å². The average Bonchev–Trinajstić information content (AvgIpc) is 3.14. The molecule has 0 aromatic heterocycles. The van der Waals surface area contributed by atoms with E-state index in [2.05, 4.69) is 43.2 Å². The van der Waals surface area contributed by atoms with Crippen LogP contribution in [-0.2, 0) is 19.1 Å². The molecule has 0 bridgehead atoms. The third-order valence-corrected chi connectivity index (χ3v) is 10.6. The van der Waals surface area contributed by atoms with Crippen LogP contribution in [-0.4, -0.2) is 62.8 Å². The molecule has 308 valence electrons. The van der Waals surface area contributed by atoms with Gasteiger partial charge in [0.05, 0.1) is 6.61 Å². The van der Waals surface area contributed by atoms with E-state index in [1.54, 1.807) is 7.05 Å². The van der Waals surface area contributed by atoms with Crippen molar-refractivity contribution in [3.8, 4) is 0 Å². The van der Waals surface area contributed by atoms with Crippen LogP contribution in [0.4, 0.5) is 11.4 Å². The van der Waals surface area contributed by atoms with Gasteiger partial charge in [-0.1, -0.05) is 118 Å². The maximum atomic E-state index is 12.6. The fourth-order valence-corrected chi connectivity index (χ4v) is 7.33. The molecule has 2 N–H and O–H groups in total. The number of carbonyl (C=O) groups excluding carboxylic acids is 2. The molecule has 0 aliphatic rings. The molecule has 0 aliphatic carbocycles. The van der Waals surface area contributed by atoms with Crippen molar-refractivity contribution in [3.63, 3.8) is 0 Å². The minimum atomic E-state index is -0.442. The highest BCUT2D eigenvalue weighted by atomic mass is 16.5. The number of carbonyl (C=O) groups is 2. The Morgan fingerprint density at radius 1 is 0.566 bits per heavy atom. The predicted octanol–water partition coefficient (Wildman–Crippen LogP) is 10.3. The monoisotopic (exact) mass is 748 g/mol. The quantitative estimate of drug-likeness (QED) is 0.0388. The summed E-state index contributed by atoms with van der Waals surface area (Å²) in [5, 5.41) is 5.99. The van der Waals surface area contributed by atoms with Gasteiger partial charge in [0, 0.05) is 26.4 Å². The number of ether oxygens (including phenoxy) is 2. The molecule has 0 spiro atoms. The number of unbranched alkanes of at least 4 members (excludes halogenated alkanes) is 12. The van der Waals surface area contributed by atoms with Gasteiger partial charge in [-0.2, -0.15) is 0 Å². The van der Waals surface area contributed by atoms with E-state index < -0.39 is 10.9 Å². The summed E-state index contributed by atoms with van der Waals surface area (Å²) in [6.07, 6.45) is 27.5. The smallest absolute Gasteiger partial charge is 0.306 e. The molecule has 0 fully saturated rings. The van der Waals surface area contributed by atoms with Gasteiger partial charge in [0.15, 0.2) is 0 Å². The van der Waals surface area contributed by atoms with Gasteiger partial charge >= 0.3 is 11.9 Å². The van der Waals surface area contributed by atoms with Crippen molar-refractivity contribution in [1.29, 1.82) is 0 Å². The van der Waals surface area contributed by atoms with Gasteiger partial charge in [0.1, 0.15) is 17.5 Å². The van der Waals surface area contributed by atoms with Crippen molar-refractivity contribution in [2.75, 3.05) is 50.5 Å². The van der Waals surface area contributed by atoms with Crippen molar-refractivity contribution in [3.05, 3.63) is 20.4 Å². The van der Waals surface area contributed by atoms with Crippen LogP contribution in [0.2, 0.25) is 0 Å².